The van der Waals surface area contributed by atoms with E-state index in [-0.39, 0.29) is 11.1 Å². The number of halogens is 3. The summed E-state index contributed by atoms with van der Waals surface area (Å²) in [5.74, 6) is -2.01. The molecule has 2 aromatic carbocycles. The number of morpholine rings is 1. The van der Waals surface area contributed by atoms with Crippen molar-refractivity contribution in [3.63, 3.8) is 0 Å². The number of nitrogens with zero attached hydrogens (tertiary/aromatic N) is 1. The molecule has 1 unspecified atom stereocenters. The van der Waals surface area contributed by atoms with Gasteiger partial charge in [-0.2, -0.15) is 0 Å². The average molecular weight is 510 g/mol. The van der Waals surface area contributed by atoms with Gasteiger partial charge in [-0.05, 0) is 35.4 Å². The normalized spacial score (nSPS) is 21.1. The molecule has 1 atom stereocenters. The zero-order valence-electron chi connectivity index (χ0n) is 17.8. The van der Waals surface area contributed by atoms with Crippen LogP contribution in [-0.2, 0) is 14.3 Å². The first-order valence-electron chi connectivity index (χ1n) is 10.8. The molecule has 2 heterocycles. The van der Waals surface area contributed by atoms with Crippen molar-refractivity contribution in [2.75, 3.05) is 39.4 Å². The van der Waals surface area contributed by atoms with Crippen LogP contribution in [0.1, 0.15) is 23.6 Å². The van der Waals surface area contributed by atoms with E-state index >= 15 is 0 Å². The fourth-order valence-electron chi connectivity index (χ4n) is 4.31. The van der Waals surface area contributed by atoms with E-state index in [1.165, 1.54) is 9.80 Å². The molecule has 0 aromatic heterocycles. The van der Waals surface area contributed by atoms with Crippen molar-refractivity contribution in [3.05, 3.63) is 74.2 Å². The van der Waals surface area contributed by atoms with E-state index in [2.05, 4.69) is 0 Å². The highest BCUT2D eigenvalue weighted by Gasteiger charge is 2.44. The standard InChI is InChI=1S/C24H23Cl3N2O4/c25-16-4-2-15(3-5-16)22(30)20-21(18-7-6-17(26)14-19(18)27)29(24(32)23(20)31)9-1-8-28-10-12-33-13-11-28/h2-7,14,21,30H,1,8-13H2. The van der Waals surface area contributed by atoms with Crippen LogP contribution in [0.15, 0.2) is 48.0 Å². The van der Waals surface area contributed by atoms with Crippen LogP contribution in [0, 0.1) is 0 Å². The van der Waals surface area contributed by atoms with E-state index in [0.717, 1.165) is 19.6 Å². The van der Waals surface area contributed by atoms with Crippen LogP contribution in [0.25, 0.3) is 5.76 Å². The zero-order valence-corrected chi connectivity index (χ0v) is 20.1. The molecule has 4 rings (SSSR count). The predicted molar refractivity (Wildman–Crippen MR) is 125 cm³/mol. The van der Waals surface area contributed by atoms with E-state index < -0.39 is 23.5 Å². The van der Waals surface area contributed by atoms with Gasteiger partial charge in [0.25, 0.3) is 5.91 Å². The quantitative estimate of drug-likeness (QED) is 0.368. The highest BCUT2D eigenvalue weighted by Crippen LogP contribution is 2.41. The zero-order chi connectivity index (χ0) is 23.5. The Hall–Kier alpha value is -2.09. The van der Waals surface area contributed by atoms with Crippen molar-refractivity contribution in [2.45, 2.75) is 12.5 Å². The Kier molecular flexibility index (Phi) is 7.62. The van der Waals surface area contributed by atoms with Gasteiger partial charge >= 0.3 is 0 Å². The molecule has 33 heavy (non-hydrogen) atoms. The Morgan fingerprint density at radius 2 is 1.70 bits per heavy atom. The van der Waals surface area contributed by atoms with Crippen LogP contribution in [-0.4, -0.2) is 56.0 Å². The average Bonchev–Trinajstić information content (AvgIpc) is 3.05. The van der Waals surface area contributed by atoms with Crippen LogP contribution < -0.4 is 10.0 Å². The first kappa shape index (κ1) is 24.0. The van der Waals surface area contributed by atoms with Crippen molar-refractivity contribution in [1.82, 2.24) is 4.90 Å². The van der Waals surface area contributed by atoms with Gasteiger partial charge in [0.1, 0.15) is 13.1 Å². The van der Waals surface area contributed by atoms with Gasteiger partial charge in [0, 0.05) is 33.6 Å². The first-order chi connectivity index (χ1) is 15.9. The van der Waals surface area contributed by atoms with Crippen LogP contribution in [0.4, 0.5) is 0 Å². The second kappa shape index (κ2) is 10.5. The van der Waals surface area contributed by atoms with Crippen LogP contribution >= 0.6 is 34.8 Å². The maximum absolute atomic E-state index is 13.4. The lowest BCUT2D eigenvalue weighted by molar-refractivity contribution is -0.908. The van der Waals surface area contributed by atoms with Crippen molar-refractivity contribution >= 4 is 52.3 Å². The Morgan fingerprint density at radius 1 is 1.03 bits per heavy atom. The topological polar surface area (TPSA) is 74.1 Å². The molecule has 2 aliphatic rings. The van der Waals surface area contributed by atoms with Crippen molar-refractivity contribution in [1.29, 1.82) is 0 Å². The maximum Gasteiger partial charge on any atom is 0.295 e. The molecule has 0 spiro atoms. The summed E-state index contributed by atoms with van der Waals surface area (Å²) >= 11 is 18.5. The Morgan fingerprint density at radius 3 is 2.36 bits per heavy atom. The highest BCUT2D eigenvalue weighted by molar-refractivity contribution is 6.47. The van der Waals surface area contributed by atoms with E-state index in [0.29, 0.717) is 46.8 Å². The molecule has 1 amide bonds. The lowest BCUT2D eigenvalue weighted by Gasteiger charge is -2.29. The Balaban J connectivity index is 1.70. The van der Waals surface area contributed by atoms with Gasteiger partial charge < -0.3 is 19.6 Å². The number of ketones is 1. The summed E-state index contributed by atoms with van der Waals surface area (Å²) in [7, 11) is 0. The highest BCUT2D eigenvalue weighted by atomic mass is 35.5. The van der Waals surface area contributed by atoms with Crippen molar-refractivity contribution < 1.29 is 24.3 Å². The third kappa shape index (κ3) is 5.20. The second-order valence-corrected chi connectivity index (χ2v) is 9.39. The smallest absolute Gasteiger partial charge is 0.295 e. The number of benzene rings is 2. The number of carbonyl (C=O) groups excluding carboxylic acids is 2. The molecule has 2 aliphatic heterocycles. The third-order valence-electron chi connectivity index (χ3n) is 6.02. The number of carbonyl (C=O) groups is 2. The van der Waals surface area contributed by atoms with Crippen molar-refractivity contribution in [2.24, 2.45) is 0 Å². The third-order valence-corrected chi connectivity index (χ3v) is 6.84. The summed E-state index contributed by atoms with van der Waals surface area (Å²) in [6.45, 7) is 4.41. The number of amides is 1. The fourth-order valence-corrected chi connectivity index (χ4v) is 4.95. The van der Waals surface area contributed by atoms with Crippen LogP contribution in [0.5, 0.6) is 0 Å². The molecular weight excluding hydrogens is 487 g/mol. The molecular formula is C24H23Cl3N2O4. The molecule has 1 N–H and O–H groups in total. The number of rotatable bonds is 6. The molecule has 174 valence electrons. The number of nitrogens with one attached hydrogen (secondary N) is 1. The van der Waals surface area contributed by atoms with Gasteiger partial charge in [0.2, 0.25) is 5.78 Å². The van der Waals surface area contributed by atoms with Gasteiger partial charge in [0.05, 0.1) is 25.8 Å². The lowest BCUT2D eigenvalue weighted by Crippen LogP contribution is -3.14. The van der Waals surface area contributed by atoms with Gasteiger partial charge in [-0.15, -0.1) is 0 Å². The first-order valence-corrected chi connectivity index (χ1v) is 11.9. The largest absolute Gasteiger partial charge is 0.872 e. The number of ether oxygens (including phenoxy) is 1. The summed E-state index contributed by atoms with van der Waals surface area (Å²) in [4.78, 5) is 28.9. The molecule has 0 bridgehead atoms. The van der Waals surface area contributed by atoms with Gasteiger partial charge in [0.15, 0.2) is 0 Å². The van der Waals surface area contributed by atoms with Gasteiger partial charge in [-0.25, -0.2) is 0 Å². The van der Waals surface area contributed by atoms with E-state index in [9.17, 15) is 14.7 Å². The number of hydrogen-bond donors (Lipinski definition) is 1. The lowest BCUT2D eigenvalue weighted by atomic mass is 9.95. The summed E-state index contributed by atoms with van der Waals surface area (Å²) in [5, 5.41) is 14.6. The molecule has 2 fully saturated rings. The van der Waals surface area contributed by atoms with Gasteiger partial charge in [-0.1, -0.05) is 58.8 Å². The minimum atomic E-state index is -0.877. The minimum absolute atomic E-state index is 0.106. The molecule has 0 saturated carbocycles. The number of likely N-dealkylation sites (tertiary alicyclic amines) is 1. The molecule has 9 heteroatoms. The SMILES string of the molecule is O=C1C(=O)N(CCC[NH+]2CCOCC2)C(c2ccc(Cl)cc2Cl)C1=C([O-])c1ccc(Cl)cc1. The monoisotopic (exact) mass is 508 g/mol. The van der Waals surface area contributed by atoms with E-state index in [1.54, 1.807) is 42.5 Å². The molecule has 0 aliphatic carbocycles. The molecule has 2 aromatic rings. The van der Waals surface area contributed by atoms with Crippen LogP contribution in [0.3, 0.4) is 0 Å². The fraction of sp³-hybridized carbons (Fsp3) is 0.333. The minimum Gasteiger partial charge on any atom is -0.872 e. The second-order valence-electron chi connectivity index (χ2n) is 8.11. The summed E-state index contributed by atoms with van der Waals surface area (Å²) in [5.41, 5.74) is 0.673. The Bertz CT molecular complexity index is 1080. The molecule has 2 saturated heterocycles. The maximum atomic E-state index is 13.4. The Labute approximate surface area is 207 Å². The van der Waals surface area contributed by atoms with Crippen LogP contribution in [0.2, 0.25) is 15.1 Å². The number of quaternary nitrogens is 1. The summed E-state index contributed by atoms with van der Waals surface area (Å²) < 4.78 is 5.39. The van der Waals surface area contributed by atoms with E-state index in [1.807, 2.05) is 0 Å². The number of Topliss-reactive ketones (excluding diaryl/α,β-unsaturated/α-hetero) is 1. The summed E-state index contributed by atoms with van der Waals surface area (Å²) in [6, 6.07) is 10.2. The van der Waals surface area contributed by atoms with Gasteiger partial charge in [-0.3, -0.25) is 9.59 Å². The summed E-state index contributed by atoms with van der Waals surface area (Å²) in [6.07, 6.45) is 0.679. The number of hydrogen-bond acceptors (Lipinski definition) is 4. The van der Waals surface area contributed by atoms with E-state index in [4.69, 9.17) is 39.5 Å². The molecule has 0 radical (unpaired) electrons. The predicted octanol–water partition coefficient (Wildman–Crippen LogP) is 2.18. The van der Waals surface area contributed by atoms with Crippen molar-refractivity contribution in [3.8, 4) is 0 Å². The molecule has 6 nitrogen and oxygen atoms in total.